The third-order valence-electron chi connectivity index (χ3n) is 4.76. The van der Waals surface area contributed by atoms with Crippen LogP contribution in [-0.2, 0) is 0 Å². The Hall–Kier alpha value is -4.30. The lowest BCUT2D eigenvalue weighted by molar-refractivity contribution is 0.102. The summed E-state index contributed by atoms with van der Waals surface area (Å²) in [6.45, 7) is 0. The molecule has 5 aromatic rings. The van der Waals surface area contributed by atoms with Gasteiger partial charge in [-0.05, 0) is 42.5 Å². The summed E-state index contributed by atoms with van der Waals surface area (Å²) in [5, 5.41) is 14.9. The van der Waals surface area contributed by atoms with E-state index >= 15 is 0 Å². The fraction of sp³-hybridized carbons (Fsp3) is 0. The van der Waals surface area contributed by atoms with E-state index < -0.39 is 0 Å². The van der Waals surface area contributed by atoms with Gasteiger partial charge in [0.1, 0.15) is 23.5 Å². The van der Waals surface area contributed by atoms with Crippen molar-refractivity contribution in [1.82, 2.24) is 25.1 Å². The molecule has 0 aliphatic carbocycles. The quantitative estimate of drug-likeness (QED) is 0.351. The summed E-state index contributed by atoms with van der Waals surface area (Å²) in [6, 6.07) is 19.9. The Morgan fingerprint density at radius 3 is 2.56 bits per heavy atom. The molecule has 0 atom stereocenters. The third-order valence-corrected chi connectivity index (χ3v) is 4.99. The van der Waals surface area contributed by atoms with Crippen molar-refractivity contribution in [3.8, 4) is 11.3 Å². The Labute approximate surface area is 187 Å². The zero-order valence-corrected chi connectivity index (χ0v) is 17.3. The van der Waals surface area contributed by atoms with E-state index in [1.165, 1.54) is 6.33 Å². The van der Waals surface area contributed by atoms with Crippen molar-refractivity contribution >= 4 is 45.7 Å². The molecule has 156 valence electrons. The van der Waals surface area contributed by atoms with Gasteiger partial charge in [0.2, 0.25) is 0 Å². The minimum absolute atomic E-state index is 0.273. The maximum Gasteiger partial charge on any atom is 0.274 e. The molecule has 3 heterocycles. The van der Waals surface area contributed by atoms with Crippen LogP contribution in [0, 0.1) is 0 Å². The summed E-state index contributed by atoms with van der Waals surface area (Å²) < 4.78 is 0. The zero-order valence-electron chi connectivity index (χ0n) is 16.6. The first-order valence-corrected chi connectivity index (χ1v) is 10.1. The number of benzene rings is 2. The van der Waals surface area contributed by atoms with E-state index in [2.05, 4.69) is 35.8 Å². The van der Waals surface area contributed by atoms with E-state index in [1.54, 1.807) is 30.5 Å². The Morgan fingerprint density at radius 2 is 1.78 bits per heavy atom. The summed E-state index contributed by atoms with van der Waals surface area (Å²) >= 11 is 6.10. The molecule has 0 bridgehead atoms. The van der Waals surface area contributed by atoms with E-state index in [-0.39, 0.29) is 5.91 Å². The first-order valence-electron chi connectivity index (χ1n) is 9.72. The van der Waals surface area contributed by atoms with Crippen molar-refractivity contribution in [2.45, 2.75) is 0 Å². The molecular weight excluding hydrogens is 426 g/mol. The molecule has 0 radical (unpaired) electrons. The van der Waals surface area contributed by atoms with Crippen molar-refractivity contribution in [2.75, 3.05) is 10.6 Å². The van der Waals surface area contributed by atoms with Crippen LogP contribution in [0.15, 0.2) is 79.3 Å². The van der Waals surface area contributed by atoms with Gasteiger partial charge in [-0.3, -0.25) is 14.9 Å². The molecule has 5 rings (SSSR count). The van der Waals surface area contributed by atoms with E-state index in [0.717, 1.165) is 16.6 Å². The van der Waals surface area contributed by atoms with Crippen LogP contribution in [0.4, 0.5) is 17.2 Å². The predicted octanol–water partition coefficient (Wildman–Crippen LogP) is 5.06. The van der Waals surface area contributed by atoms with Crippen LogP contribution >= 0.6 is 11.6 Å². The molecule has 32 heavy (non-hydrogen) atoms. The smallest absolute Gasteiger partial charge is 0.274 e. The second-order valence-electron chi connectivity index (χ2n) is 6.90. The molecule has 0 saturated carbocycles. The Bertz CT molecular complexity index is 1400. The molecule has 0 saturated heterocycles. The maximum absolute atomic E-state index is 12.3. The van der Waals surface area contributed by atoms with Gasteiger partial charge < -0.3 is 10.6 Å². The fourth-order valence-electron chi connectivity index (χ4n) is 3.27. The number of pyridine rings is 1. The molecule has 2 aromatic carbocycles. The lowest BCUT2D eigenvalue weighted by atomic mass is 10.1. The highest BCUT2D eigenvalue weighted by atomic mass is 35.5. The van der Waals surface area contributed by atoms with E-state index in [9.17, 15) is 4.79 Å². The Balaban J connectivity index is 1.44. The van der Waals surface area contributed by atoms with Gasteiger partial charge in [-0.15, -0.1) is 0 Å². The average Bonchev–Trinajstić information content (AvgIpc) is 3.25. The van der Waals surface area contributed by atoms with Crippen molar-refractivity contribution in [3.63, 3.8) is 0 Å². The van der Waals surface area contributed by atoms with Gasteiger partial charge in [0.25, 0.3) is 5.91 Å². The number of carbonyl (C=O) groups excluding carboxylic acids is 1. The van der Waals surface area contributed by atoms with Crippen molar-refractivity contribution in [1.29, 1.82) is 0 Å². The number of nitrogens with one attached hydrogen (secondary N) is 3. The second kappa shape index (κ2) is 8.44. The minimum atomic E-state index is -0.273. The topological polar surface area (TPSA) is 108 Å². The van der Waals surface area contributed by atoms with Crippen LogP contribution < -0.4 is 10.6 Å². The van der Waals surface area contributed by atoms with Crippen molar-refractivity contribution < 1.29 is 4.79 Å². The molecule has 0 aliphatic heterocycles. The third kappa shape index (κ3) is 3.99. The minimum Gasteiger partial charge on any atom is -0.339 e. The second-order valence-corrected chi connectivity index (χ2v) is 7.34. The number of amides is 1. The average molecular weight is 442 g/mol. The van der Waals surface area contributed by atoms with Gasteiger partial charge in [-0.25, -0.2) is 9.97 Å². The van der Waals surface area contributed by atoms with Crippen molar-refractivity contribution in [2.24, 2.45) is 0 Å². The monoisotopic (exact) mass is 441 g/mol. The number of hydrogen-bond donors (Lipinski definition) is 3. The van der Waals surface area contributed by atoms with Crippen LogP contribution in [0.25, 0.3) is 22.3 Å². The molecular formula is C23H16ClN7O. The first-order chi connectivity index (χ1) is 15.7. The number of hydrogen-bond acceptors (Lipinski definition) is 6. The summed E-state index contributed by atoms with van der Waals surface area (Å²) in [5.74, 6) is 0.332. The van der Waals surface area contributed by atoms with Gasteiger partial charge >= 0.3 is 0 Å². The van der Waals surface area contributed by atoms with Crippen LogP contribution in [0.2, 0.25) is 5.02 Å². The summed E-state index contributed by atoms with van der Waals surface area (Å²) in [4.78, 5) is 25.1. The summed E-state index contributed by atoms with van der Waals surface area (Å²) in [7, 11) is 0. The molecule has 0 fully saturated rings. The molecule has 0 aliphatic rings. The lowest BCUT2D eigenvalue weighted by Crippen LogP contribution is -2.13. The Kier molecular flexibility index (Phi) is 5.19. The van der Waals surface area contributed by atoms with Gasteiger partial charge in [0.15, 0.2) is 5.65 Å². The highest BCUT2D eigenvalue weighted by molar-refractivity contribution is 6.30. The number of rotatable bonds is 5. The van der Waals surface area contributed by atoms with E-state index in [0.29, 0.717) is 33.6 Å². The highest BCUT2D eigenvalue weighted by Gasteiger charge is 2.15. The number of anilines is 3. The van der Waals surface area contributed by atoms with Crippen molar-refractivity contribution in [3.05, 3.63) is 90.0 Å². The van der Waals surface area contributed by atoms with Gasteiger partial charge in [0.05, 0.1) is 5.39 Å². The number of fused-ring (bicyclic) bond motifs is 1. The molecule has 0 spiro atoms. The number of H-pyrrole nitrogens is 1. The molecule has 0 unspecified atom stereocenters. The number of carbonyl (C=O) groups is 1. The Morgan fingerprint density at radius 1 is 0.906 bits per heavy atom. The molecule has 3 aromatic heterocycles. The van der Waals surface area contributed by atoms with E-state index in [4.69, 9.17) is 11.6 Å². The first kappa shape index (κ1) is 19.7. The van der Waals surface area contributed by atoms with E-state index in [1.807, 2.05) is 42.5 Å². The normalized spacial score (nSPS) is 10.8. The fourth-order valence-corrected chi connectivity index (χ4v) is 3.46. The number of halogens is 1. The number of nitrogens with zero attached hydrogens (tertiary/aromatic N) is 4. The molecule has 3 N–H and O–H groups in total. The zero-order chi connectivity index (χ0) is 21.9. The molecule has 1 amide bonds. The highest BCUT2D eigenvalue weighted by Crippen LogP contribution is 2.32. The number of aromatic nitrogens is 5. The lowest BCUT2D eigenvalue weighted by Gasteiger charge is -2.08. The summed E-state index contributed by atoms with van der Waals surface area (Å²) in [5.41, 5.74) is 3.94. The number of aromatic amines is 1. The van der Waals surface area contributed by atoms with Crippen LogP contribution in [-0.4, -0.2) is 31.1 Å². The maximum atomic E-state index is 12.3. The van der Waals surface area contributed by atoms with Gasteiger partial charge in [0, 0.05) is 28.2 Å². The van der Waals surface area contributed by atoms with Crippen LogP contribution in [0.1, 0.15) is 10.5 Å². The standard InChI is InChI=1S/C23H16ClN7O/c24-15-4-3-5-17(12-15)28-21-19-20(30-31-22(19)27-13-26-21)14-7-9-16(10-8-14)29-23(32)18-6-1-2-11-25-18/h1-13H,(H,29,32)(H2,26,27,28,30,31). The molecule has 9 heteroatoms. The molecule has 8 nitrogen and oxygen atoms in total. The van der Waals surface area contributed by atoms with Crippen LogP contribution in [0.5, 0.6) is 0 Å². The van der Waals surface area contributed by atoms with Gasteiger partial charge in [-0.1, -0.05) is 35.9 Å². The van der Waals surface area contributed by atoms with Crippen LogP contribution in [0.3, 0.4) is 0 Å². The SMILES string of the molecule is O=C(Nc1ccc(-c2n[nH]c3ncnc(Nc4cccc(Cl)c4)c23)cc1)c1ccccn1. The summed E-state index contributed by atoms with van der Waals surface area (Å²) in [6.07, 6.45) is 3.05. The largest absolute Gasteiger partial charge is 0.339 e. The predicted molar refractivity (Wildman–Crippen MR) is 124 cm³/mol. The van der Waals surface area contributed by atoms with Gasteiger partial charge in [-0.2, -0.15) is 5.10 Å².